The highest BCUT2D eigenvalue weighted by molar-refractivity contribution is 6.31. The number of ether oxygens (including phenoxy) is 1. The summed E-state index contributed by atoms with van der Waals surface area (Å²) >= 11 is 6.03. The Morgan fingerprint density at radius 3 is 2.84 bits per heavy atom. The van der Waals surface area contributed by atoms with E-state index >= 15 is 0 Å². The van der Waals surface area contributed by atoms with Crippen LogP contribution in [0, 0.1) is 11.3 Å². The fraction of sp³-hybridized carbons (Fsp3) is 0.474. The number of hydrogen-bond acceptors (Lipinski definition) is 4. The molecule has 134 valence electrons. The fourth-order valence-corrected chi connectivity index (χ4v) is 3.45. The molecule has 0 saturated heterocycles. The monoisotopic (exact) mass is 362 g/mol. The summed E-state index contributed by atoms with van der Waals surface area (Å²) in [6.07, 6.45) is 2.67. The Labute approximate surface area is 152 Å². The molecular formula is C19H23ClN2O3. The van der Waals surface area contributed by atoms with Crippen molar-refractivity contribution in [3.8, 4) is 5.75 Å². The van der Waals surface area contributed by atoms with E-state index in [1.807, 2.05) is 0 Å². The smallest absolute Gasteiger partial charge is 0.278 e. The summed E-state index contributed by atoms with van der Waals surface area (Å²) in [6.45, 7) is 6.69. The number of benzene rings is 1. The van der Waals surface area contributed by atoms with Crippen molar-refractivity contribution >= 4 is 23.2 Å². The minimum Gasteiger partial charge on any atom is -0.495 e. The van der Waals surface area contributed by atoms with Gasteiger partial charge in [0, 0.05) is 17.0 Å². The minimum atomic E-state index is -0.305. The average molecular weight is 363 g/mol. The number of halogens is 1. The highest BCUT2D eigenvalue weighted by Crippen LogP contribution is 2.38. The summed E-state index contributed by atoms with van der Waals surface area (Å²) in [5.41, 5.74) is 1.97. The molecular weight excluding hydrogens is 340 g/mol. The van der Waals surface area contributed by atoms with Crippen molar-refractivity contribution in [2.24, 2.45) is 11.3 Å². The van der Waals surface area contributed by atoms with Crippen LogP contribution < -0.4 is 10.1 Å². The zero-order chi connectivity index (χ0) is 18.2. The summed E-state index contributed by atoms with van der Waals surface area (Å²) in [5.74, 6) is 1.55. The highest BCUT2D eigenvalue weighted by atomic mass is 35.5. The van der Waals surface area contributed by atoms with E-state index in [2.05, 4.69) is 31.2 Å². The van der Waals surface area contributed by atoms with Crippen molar-refractivity contribution in [2.75, 3.05) is 12.4 Å². The number of carbonyl (C=O) groups excluding carboxylic acids is 1. The van der Waals surface area contributed by atoms with E-state index in [1.165, 1.54) is 0 Å². The zero-order valence-electron chi connectivity index (χ0n) is 15.0. The number of aryl methyl sites for hydroxylation is 1. The first-order valence-electron chi connectivity index (χ1n) is 8.42. The van der Waals surface area contributed by atoms with Gasteiger partial charge in [0.2, 0.25) is 0 Å². The maximum absolute atomic E-state index is 12.8. The number of nitrogens with one attached hydrogen (secondary N) is 1. The molecule has 0 radical (unpaired) electrons. The molecule has 0 saturated carbocycles. The summed E-state index contributed by atoms with van der Waals surface area (Å²) < 4.78 is 10.7. The average Bonchev–Trinajstić information content (AvgIpc) is 2.97. The van der Waals surface area contributed by atoms with Gasteiger partial charge >= 0.3 is 0 Å². The number of anilines is 1. The Morgan fingerprint density at radius 2 is 2.16 bits per heavy atom. The maximum atomic E-state index is 12.8. The van der Waals surface area contributed by atoms with Gasteiger partial charge in [0.05, 0.1) is 12.8 Å². The molecule has 0 aliphatic heterocycles. The van der Waals surface area contributed by atoms with E-state index in [0.717, 1.165) is 30.6 Å². The number of aromatic nitrogens is 1. The number of amides is 1. The predicted molar refractivity (Wildman–Crippen MR) is 97.4 cm³/mol. The van der Waals surface area contributed by atoms with E-state index in [0.29, 0.717) is 28.1 Å². The quantitative estimate of drug-likeness (QED) is 0.856. The van der Waals surface area contributed by atoms with Gasteiger partial charge in [0.25, 0.3) is 5.91 Å². The van der Waals surface area contributed by atoms with Gasteiger partial charge in [-0.05, 0) is 42.4 Å². The molecule has 6 heteroatoms. The summed E-state index contributed by atoms with van der Waals surface area (Å²) in [7, 11) is 1.55. The van der Waals surface area contributed by atoms with Crippen LogP contribution in [0.1, 0.15) is 49.0 Å². The number of carbonyl (C=O) groups is 1. The van der Waals surface area contributed by atoms with Gasteiger partial charge < -0.3 is 14.6 Å². The van der Waals surface area contributed by atoms with Crippen LogP contribution >= 0.6 is 11.6 Å². The molecule has 1 aliphatic carbocycles. The van der Waals surface area contributed by atoms with E-state index in [4.69, 9.17) is 20.9 Å². The van der Waals surface area contributed by atoms with Crippen LogP contribution in [-0.2, 0) is 12.8 Å². The molecule has 0 bridgehead atoms. The minimum absolute atomic E-state index is 0.179. The van der Waals surface area contributed by atoms with Gasteiger partial charge in [-0.25, -0.2) is 0 Å². The van der Waals surface area contributed by atoms with Crippen LogP contribution in [0.15, 0.2) is 22.7 Å². The normalized spacial score (nSPS) is 17.1. The summed E-state index contributed by atoms with van der Waals surface area (Å²) in [4.78, 5) is 12.8. The molecule has 1 aliphatic rings. The lowest BCUT2D eigenvalue weighted by molar-refractivity contribution is 0.101. The molecule has 0 spiro atoms. The van der Waals surface area contributed by atoms with Crippen molar-refractivity contribution in [3.05, 3.63) is 40.2 Å². The fourth-order valence-electron chi connectivity index (χ4n) is 3.28. The first-order valence-corrected chi connectivity index (χ1v) is 8.79. The molecule has 1 atom stereocenters. The number of hydrogen-bond donors (Lipinski definition) is 1. The third-order valence-electron chi connectivity index (χ3n) is 4.89. The third-order valence-corrected chi connectivity index (χ3v) is 5.12. The van der Waals surface area contributed by atoms with Crippen molar-refractivity contribution in [2.45, 2.75) is 40.0 Å². The van der Waals surface area contributed by atoms with Gasteiger partial charge in [0.1, 0.15) is 11.5 Å². The molecule has 1 aromatic heterocycles. The van der Waals surface area contributed by atoms with Crippen molar-refractivity contribution in [1.82, 2.24) is 5.16 Å². The van der Waals surface area contributed by atoms with Crippen LogP contribution in [0.2, 0.25) is 5.02 Å². The predicted octanol–water partition coefficient (Wildman–Crippen LogP) is 4.74. The molecule has 25 heavy (non-hydrogen) atoms. The summed E-state index contributed by atoms with van der Waals surface area (Å²) in [5, 5.41) is 7.38. The van der Waals surface area contributed by atoms with Gasteiger partial charge in [0.15, 0.2) is 5.69 Å². The number of methoxy groups -OCH3 is 1. The van der Waals surface area contributed by atoms with Gasteiger partial charge in [-0.2, -0.15) is 0 Å². The second-order valence-corrected chi connectivity index (χ2v) is 7.97. The standard InChI is InChI=1S/C19H23ClN2O3/c1-19(2,3)11-5-7-15-13(9-11)17(22-25-15)18(23)21-14-10-12(20)6-8-16(14)24-4/h6,8,10-11H,5,7,9H2,1-4H3,(H,21,23)/t11-/m1/s1. The van der Waals surface area contributed by atoms with Gasteiger partial charge in [-0.15, -0.1) is 0 Å². The molecule has 1 aromatic carbocycles. The lowest BCUT2D eigenvalue weighted by atomic mass is 9.71. The van der Waals surface area contributed by atoms with Gasteiger partial charge in [-0.1, -0.05) is 37.5 Å². The highest BCUT2D eigenvalue weighted by Gasteiger charge is 2.34. The zero-order valence-corrected chi connectivity index (χ0v) is 15.7. The first-order chi connectivity index (χ1) is 11.8. The van der Waals surface area contributed by atoms with Crippen LogP contribution in [0.3, 0.4) is 0 Å². The molecule has 0 fully saturated rings. The number of rotatable bonds is 3. The maximum Gasteiger partial charge on any atom is 0.278 e. The van der Waals surface area contributed by atoms with E-state index < -0.39 is 0 Å². The van der Waals surface area contributed by atoms with Crippen molar-refractivity contribution < 1.29 is 14.1 Å². The van der Waals surface area contributed by atoms with E-state index in [-0.39, 0.29) is 11.3 Å². The largest absolute Gasteiger partial charge is 0.495 e. The Balaban J connectivity index is 1.86. The lowest BCUT2D eigenvalue weighted by Gasteiger charge is -2.33. The second kappa shape index (κ2) is 6.71. The molecule has 1 amide bonds. The number of nitrogens with zero attached hydrogens (tertiary/aromatic N) is 1. The van der Waals surface area contributed by atoms with Crippen molar-refractivity contribution in [1.29, 1.82) is 0 Å². The lowest BCUT2D eigenvalue weighted by Crippen LogP contribution is -2.27. The van der Waals surface area contributed by atoms with Crippen LogP contribution in [0.4, 0.5) is 5.69 Å². The summed E-state index contributed by atoms with van der Waals surface area (Å²) in [6, 6.07) is 5.08. The van der Waals surface area contributed by atoms with Crippen LogP contribution in [0.25, 0.3) is 0 Å². The molecule has 1 N–H and O–H groups in total. The Hall–Kier alpha value is -2.01. The molecule has 3 rings (SSSR count). The Bertz CT molecular complexity index is 792. The molecule has 1 heterocycles. The molecule has 5 nitrogen and oxygen atoms in total. The SMILES string of the molecule is COc1ccc(Cl)cc1NC(=O)c1noc2c1C[C@H](C(C)(C)C)CC2. The van der Waals surface area contributed by atoms with Crippen molar-refractivity contribution in [3.63, 3.8) is 0 Å². The third kappa shape index (κ3) is 3.66. The topological polar surface area (TPSA) is 64.4 Å². The molecule has 0 unspecified atom stereocenters. The van der Waals surface area contributed by atoms with Crippen LogP contribution in [0.5, 0.6) is 5.75 Å². The Morgan fingerprint density at radius 1 is 1.40 bits per heavy atom. The first kappa shape index (κ1) is 17.8. The van der Waals surface area contributed by atoms with Gasteiger partial charge in [-0.3, -0.25) is 4.79 Å². The van der Waals surface area contributed by atoms with E-state index in [1.54, 1.807) is 25.3 Å². The number of fused-ring (bicyclic) bond motifs is 1. The van der Waals surface area contributed by atoms with E-state index in [9.17, 15) is 4.79 Å². The van der Waals surface area contributed by atoms with Crippen LogP contribution in [-0.4, -0.2) is 18.2 Å². The Kier molecular flexibility index (Phi) is 4.78. The second-order valence-electron chi connectivity index (χ2n) is 7.54. The molecule has 2 aromatic rings.